The predicted octanol–water partition coefficient (Wildman–Crippen LogP) is 2.04. The van der Waals surface area contributed by atoms with Gasteiger partial charge in [-0.3, -0.25) is 4.79 Å². The van der Waals surface area contributed by atoms with Crippen LogP contribution < -0.4 is 11.1 Å². The minimum atomic E-state index is 0.108. The van der Waals surface area contributed by atoms with E-state index in [1.807, 2.05) is 0 Å². The van der Waals surface area contributed by atoms with E-state index in [1.165, 1.54) is 0 Å². The third-order valence-electron chi connectivity index (χ3n) is 3.25. The van der Waals surface area contributed by atoms with E-state index >= 15 is 0 Å². The fraction of sp³-hybridized carbons (Fsp3) is 0.500. The van der Waals surface area contributed by atoms with Crippen LogP contribution in [-0.4, -0.2) is 10.9 Å². The molecule has 1 amide bonds. The van der Waals surface area contributed by atoms with Gasteiger partial charge in [-0.15, -0.1) is 0 Å². The Bertz CT molecular complexity index is 374. The quantitative estimate of drug-likeness (QED) is 0.799. The van der Waals surface area contributed by atoms with Gasteiger partial charge in [0, 0.05) is 5.92 Å². The average molecular weight is 219 g/mol. The number of nitrogen functional groups attached to an aromatic ring is 1. The van der Waals surface area contributed by atoms with Crippen LogP contribution in [0, 0.1) is 11.8 Å². The van der Waals surface area contributed by atoms with Gasteiger partial charge in [-0.05, 0) is 30.9 Å². The number of hydrogen-bond donors (Lipinski definition) is 2. The first kappa shape index (κ1) is 10.9. The second-order valence-electron chi connectivity index (χ2n) is 4.48. The van der Waals surface area contributed by atoms with Crippen molar-refractivity contribution < 1.29 is 4.79 Å². The number of rotatable bonds is 2. The van der Waals surface area contributed by atoms with Crippen LogP contribution in [0.15, 0.2) is 18.3 Å². The molecule has 2 unspecified atom stereocenters. The number of amides is 1. The van der Waals surface area contributed by atoms with E-state index in [1.54, 1.807) is 18.3 Å². The lowest BCUT2D eigenvalue weighted by Crippen LogP contribution is -2.24. The molecule has 2 atom stereocenters. The largest absolute Gasteiger partial charge is 0.384 e. The molecule has 0 aromatic carbocycles. The normalized spacial score (nSPS) is 24.3. The fourth-order valence-corrected chi connectivity index (χ4v) is 2.25. The van der Waals surface area contributed by atoms with Crippen LogP contribution in [0.2, 0.25) is 0 Å². The molecule has 2 rings (SSSR count). The summed E-state index contributed by atoms with van der Waals surface area (Å²) in [5.41, 5.74) is 6.20. The van der Waals surface area contributed by atoms with E-state index in [-0.39, 0.29) is 11.8 Å². The lowest BCUT2D eigenvalue weighted by Gasteiger charge is -2.14. The molecule has 4 heteroatoms. The highest BCUT2D eigenvalue weighted by Crippen LogP contribution is 2.31. The first-order valence-electron chi connectivity index (χ1n) is 5.69. The number of nitrogens with two attached hydrogens (primary N) is 1. The van der Waals surface area contributed by atoms with Crippen molar-refractivity contribution in [2.75, 3.05) is 11.1 Å². The molecule has 1 aromatic heterocycles. The molecule has 1 aliphatic carbocycles. The van der Waals surface area contributed by atoms with Gasteiger partial charge in [0.1, 0.15) is 5.82 Å². The summed E-state index contributed by atoms with van der Waals surface area (Å²) < 4.78 is 0. The SMILES string of the molecule is CC1CCCC1C(=O)Nc1ccc(N)nc1. The molecule has 16 heavy (non-hydrogen) atoms. The van der Waals surface area contributed by atoms with Crippen LogP contribution >= 0.6 is 0 Å². The zero-order valence-corrected chi connectivity index (χ0v) is 9.44. The smallest absolute Gasteiger partial charge is 0.227 e. The Labute approximate surface area is 95.3 Å². The van der Waals surface area contributed by atoms with E-state index < -0.39 is 0 Å². The molecule has 3 N–H and O–H groups in total. The van der Waals surface area contributed by atoms with Crippen molar-refractivity contribution in [1.29, 1.82) is 0 Å². The Kier molecular flexibility index (Phi) is 3.08. The predicted molar refractivity (Wildman–Crippen MR) is 63.8 cm³/mol. The second-order valence-corrected chi connectivity index (χ2v) is 4.48. The van der Waals surface area contributed by atoms with Crippen molar-refractivity contribution >= 4 is 17.4 Å². The van der Waals surface area contributed by atoms with Gasteiger partial charge in [0.05, 0.1) is 11.9 Å². The Hall–Kier alpha value is -1.58. The zero-order valence-electron chi connectivity index (χ0n) is 9.44. The van der Waals surface area contributed by atoms with Crippen LogP contribution in [0.3, 0.4) is 0 Å². The molecule has 1 heterocycles. The Morgan fingerprint density at radius 3 is 2.88 bits per heavy atom. The number of nitrogens with zero attached hydrogens (tertiary/aromatic N) is 1. The minimum Gasteiger partial charge on any atom is -0.384 e. The van der Waals surface area contributed by atoms with Gasteiger partial charge >= 0.3 is 0 Å². The highest BCUT2D eigenvalue weighted by Gasteiger charge is 2.29. The summed E-state index contributed by atoms with van der Waals surface area (Å²) in [6, 6.07) is 3.47. The summed E-state index contributed by atoms with van der Waals surface area (Å²) in [6.45, 7) is 2.14. The Morgan fingerprint density at radius 2 is 2.31 bits per heavy atom. The molecule has 4 nitrogen and oxygen atoms in total. The lowest BCUT2D eigenvalue weighted by atomic mass is 9.97. The first-order valence-corrected chi connectivity index (χ1v) is 5.69. The molecule has 1 aromatic rings. The Balaban J connectivity index is 1.99. The van der Waals surface area contributed by atoms with Gasteiger partial charge in [-0.1, -0.05) is 13.3 Å². The number of hydrogen-bond acceptors (Lipinski definition) is 3. The van der Waals surface area contributed by atoms with Crippen molar-refractivity contribution in [2.45, 2.75) is 26.2 Å². The van der Waals surface area contributed by atoms with Gasteiger partial charge < -0.3 is 11.1 Å². The van der Waals surface area contributed by atoms with E-state index in [9.17, 15) is 4.79 Å². The minimum absolute atomic E-state index is 0.108. The molecule has 0 radical (unpaired) electrons. The van der Waals surface area contributed by atoms with Gasteiger partial charge in [0.15, 0.2) is 0 Å². The van der Waals surface area contributed by atoms with Crippen molar-refractivity contribution in [3.05, 3.63) is 18.3 Å². The number of carbonyl (C=O) groups is 1. The molecule has 0 aliphatic heterocycles. The fourth-order valence-electron chi connectivity index (χ4n) is 2.25. The zero-order chi connectivity index (χ0) is 11.5. The van der Waals surface area contributed by atoms with E-state index in [4.69, 9.17) is 5.73 Å². The maximum atomic E-state index is 11.9. The van der Waals surface area contributed by atoms with Crippen LogP contribution in [0.1, 0.15) is 26.2 Å². The van der Waals surface area contributed by atoms with Crippen LogP contribution in [0.5, 0.6) is 0 Å². The Morgan fingerprint density at radius 1 is 1.50 bits per heavy atom. The van der Waals surface area contributed by atoms with E-state index in [0.717, 1.165) is 24.9 Å². The number of nitrogens with one attached hydrogen (secondary N) is 1. The van der Waals surface area contributed by atoms with Crippen LogP contribution in [-0.2, 0) is 4.79 Å². The standard InChI is InChI=1S/C12H17N3O/c1-8-3-2-4-10(8)12(16)15-9-5-6-11(13)14-7-9/h5-8,10H,2-4H2,1H3,(H2,13,14)(H,15,16). The molecular formula is C12H17N3O. The summed E-state index contributed by atoms with van der Waals surface area (Å²) in [5.74, 6) is 1.21. The molecule has 0 saturated heterocycles. The molecule has 0 bridgehead atoms. The van der Waals surface area contributed by atoms with Crippen molar-refractivity contribution in [1.82, 2.24) is 4.98 Å². The van der Waals surface area contributed by atoms with Crippen molar-refractivity contribution in [3.8, 4) is 0 Å². The maximum absolute atomic E-state index is 11.9. The van der Waals surface area contributed by atoms with Crippen LogP contribution in [0.4, 0.5) is 11.5 Å². The van der Waals surface area contributed by atoms with Gasteiger partial charge in [-0.25, -0.2) is 4.98 Å². The van der Waals surface area contributed by atoms with Gasteiger partial charge in [0.25, 0.3) is 0 Å². The van der Waals surface area contributed by atoms with E-state index in [2.05, 4.69) is 17.2 Å². The summed E-state index contributed by atoms with van der Waals surface area (Å²) in [5, 5.41) is 2.88. The molecule has 86 valence electrons. The molecule has 1 fully saturated rings. The van der Waals surface area contributed by atoms with Crippen LogP contribution in [0.25, 0.3) is 0 Å². The van der Waals surface area contributed by atoms with Crippen molar-refractivity contribution in [2.24, 2.45) is 11.8 Å². The average Bonchev–Trinajstić information content (AvgIpc) is 2.68. The third-order valence-corrected chi connectivity index (χ3v) is 3.25. The summed E-state index contributed by atoms with van der Waals surface area (Å²) >= 11 is 0. The van der Waals surface area contributed by atoms with E-state index in [0.29, 0.717) is 11.7 Å². The highest BCUT2D eigenvalue weighted by atomic mass is 16.1. The summed E-state index contributed by atoms with van der Waals surface area (Å²) in [7, 11) is 0. The molecule has 0 spiro atoms. The number of anilines is 2. The highest BCUT2D eigenvalue weighted by molar-refractivity contribution is 5.92. The molecule has 1 saturated carbocycles. The van der Waals surface area contributed by atoms with Crippen molar-refractivity contribution in [3.63, 3.8) is 0 Å². The lowest BCUT2D eigenvalue weighted by molar-refractivity contribution is -0.120. The topological polar surface area (TPSA) is 68.0 Å². The second kappa shape index (κ2) is 4.51. The number of aromatic nitrogens is 1. The molecule has 1 aliphatic rings. The number of pyridine rings is 1. The monoisotopic (exact) mass is 219 g/mol. The first-order chi connectivity index (χ1) is 7.66. The van der Waals surface area contributed by atoms with Gasteiger partial charge in [-0.2, -0.15) is 0 Å². The summed E-state index contributed by atoms with van der Waals surface area (Å²) in [4.78, 5) is 15.9. The van der Waals surface area contributed by atoms with Gasteiger partial charge in [0.2, 0.25) is 5.91 Å². The molecular weight excluding hydrogens is 202 g/mol. The number of carbonyl (C=O) groups excluding carboxylic acids is 1. The summed E-state index contributed by atoms with van der Waals surface area (Å²) in [6.07, 6.45) is 4.89. The third kappa shape index (κ3) is 2.32. The maximum Gasteiger partial charge on any atom is 0.227 e.